The van der Waals surface area contributed by atoms with E-state index in [-0.39, 0.29) is 5.78 Å². The van der Waals surface area contributed by atoms with Crippen LogP contribution in [0.2, 0.25) is 4.31 Å². The Bertz CT molecular complexity index is 106. The summed E-state index contributed by atoms with van der Waals surface area (Å²) in [6.45, 7) is 1.26. The number of aliphatic carboxylic acids is 1. The predicted octanol–water partition coefficient (Wildman–Crippen LogP) is -0.00470. The van der Waals surface area contributed by atoms with E-state index in [0.29, 0.717) is 0 Å². The zero-order chi connectivity index (χ0) is 6.73. The average Bonchev–Trinajstić information content (AvgIpc) is 1.64. The third kappa shape index (κ3) is 2.22. The standard InChI is InChI=1S/C4H5O3.Pt/c1-3(5)2-4(6)7;/h2H,1H3,(H,6,7);. The molecule has 1 N–H and O–H groups in total. The van der Waals surface area contributed by atoms with Gasteiger partial charge in [0.1, 0.15) is 0 Å². The van der Waals surface area contributed by atoms with E-state index in [1.54, 1.807) is 19.8 Å². The molecule has 4 heteroatoms. The molecule has 0 radical (unpaired) electrons. The second kappa shape index (κ2) is 2.98. The quantitative estimate of drug-likeness (QED) is 0.730. The first-order valence-electron chi connectivity index (χ1n) is 1.89. The van der Waals surface area contributed by atoms with Crippen LogP contribution < -0.4 is 0 Å². The number of Topliss-reactive ketones (excluding diaryl/α,β-unsaturated/α-hetero) is 1. The van der Waals surface area contributed by atoms with Crippen LogP contribution in [-0.2, 0) is 29.4 Å². The van der Waals surface area contributed by atoms with Crippen LogP contribution in [0.1, 0.15) is 6.92 Å². The molecule has 0 heterocycles. The zero-order valence-corrected chi connectivity index (χ0v) is 6.43. The van der Waals surface area contributed by atoms with Gasteiger partial charge in [-0.15, -0.1) is 0 Å². The summed E-state index contributed by atoms with van der Waals surface area (Å²) in [4.78, 5) is 20.1. The molecule has 0 amide bonds. The van der Waals surface area contributed by atoms with Gasteiger partial charge in [0.2, 0.25) is 0 Å². The van der Waals surface area contributed by atoms with E-state index in [2.05, 4.69) is 0 Å². The molecular formula is C4H5O3Pt. The molecule has 0 aliphatic carbocycles. The fourth-order valence-electron chi connectivity index (χ4n) is 0.174. The molecule has 0 aliphatic rings. The number of hydrogen-bond donors (Lipinski definition) is 1. The van der Waals surface area contributed by atoms with Gasteiger partial charge in [0, 0.05) is 0 Å². The van der Waals surface area contributed by atoms with Crippen LogP contribution in [-0.4, -0.2) is 16.9 Å². The second-order valence-electron chi connectivity index (χ2n) is 1.28. The molecule has 0 aromatic heterocycles. The average molecular weight is 296 g/mol. The van der Waals surface area contributed by atoms with E-state index in [0.717, 1.165) is 0 Å². The van der Waals surface area contributed by atoms with Crippen molar-refractivity contribution in [3.05, 3.63) is 0 Å². The SMILES string of the molecule is CC(=O)[CH]([Pt])C(=O)O. The molecule has 0 aromatic rings. The van der Waals surface area contributed by atoms with Crippen LogP contribution in [0.5, 0.6) is 0 Å². The molecule has 0 saturated heterocycles. The Labute approximate surface area is 58.0 Å². The van der Waals surface area contributed by atoms with Crippen molar-refractivity contribution in [2.24, 2.45) is 0 Å². The topological polar surface area (TPSA) is 54.4 Å². The zero-order valence-electron chi connectivity index (χ0n) is 4.16. The first kappa shape index (κ1) is 7.83. The fraction of sp³-hybridized carbons (Fsp3) is 0.500. The number of hydrogen-bond acceptors (Lipinski definition) is 2. The molecule has 0 spiro atoms. The van der Waals surface area contributed by atoms with Crippen LogP contribution in [0.4, 0.5) is 0 Å². The maximum atomic E-state index is 10.2. The molecule has 8 heavy (non-hydrogen) atoms. The predicted molar refractivity (Wildman–Crippen MR) is 22.1 cm³/mol. The number of carbonyl (C=O) groups excluding carboxylic acids is 1. The van der Waals surface area contributed by atoms with Gasteiger partial charge < -0.3 is 0 Å². The molecule has 1 unspecified atom stereocenters. The fourth-order valence-corrected chi connectivity index (χ4v) is 0.174. The number of ketones is 1. The Hall–Kier alpha value is -0.172. The minimum absolute atomic E-state index is 0.320. The van der Waals surface area contributed by atoms with Gasteiger partial charge in [-0.3, -0.25) is 0 Å². The van der Waals surface area contributed by atoms with Crippen molar-refractivity contribution in [2.75, 3.05) is 0 Å². The van der Waals surface area contributed by atoms with Crippen molar-refractivity contribution in [3.63, 3.8) is 0 Å². The monoisotopic (exact) mass is 296 g/mol. The Kier molecular flexibility index (Phi) is 2.91. The molecule has 0 saturated carbocycles. The van der Waals surface area contributed by atoms with Crippen LogP contribution in [0, 0.1) is 0 Å². The minimum atomic E-state index is -1.07. The summed E-state index contributed by atoms with van der Waals surface area (Å²) in [6.07, 6.45) is 0. The summed E-state index contributed by atoms with van der Waals surface area (Å²) >= 11 is 1.56. The summed E-state index contributed by atoms with van der Waals surface area (Å²) in [5, 5.41) is 8.12. The van der Waals surface area contributed by atoms with Crippen LogP contribution in [0.15, 0.2) is 0 Å². The normalized spacial score (nSPS) is 12.9. The van der Waals surface area contributed by atoms with Gasteiger partial charge >= 0.3 is 57.5 Å². The molecule has 3 nitrogen and oxygen atoms in total. The van der Waals surface area contributed by atoms with Gasteiger partial charge in [0.05, 0.1) is 0 Å². The molecular weight excluding hydrogens is 291 g/mol. The summed E-state index contributed by atoms with van der Waals surface area (Å²) in [6, 6.07) is 0. The Morgan fingerprint density at radius 3 is 2.00 bits per heavy atom. The first-order chi connectivity index (χ1) is 3.55. The molecule has 1 atom stereocenters. The van der Waals surface area contributed by atoms with E-state index in [9.17, 15) is 9.59 Å². The van der Waals surface area contributed by atoms with Crippen molar-refractivity contribution in [3.8, 4) is 0 Å². The van der Waals surface area contributed by atoms with Crippen LogP contribution >= 0.6 is 0 Å². The van der Waals surface area contributed by atoms with Gasteiger partial charge in [-0.2, -0.15) is 0 Å². The van der Waals surface area contributed by atoms with Crippen molar-refractivity contribution in [2.45, 2.75) is 11.2 Å². The molecule has 0 aliphatic heterocycles. The van der Waals surface area contributed by atoms with Crippen LogP contribution in [0.25, 0.3) is 0 Å². The van der Waals surface area contributed by atoms with Gasteiger partial charge in [0.15, 0.2) is 0 Å². The summed E-state index contributed by atoms with van der Waals surface area (Å²) in [7, 11) is 0. The van der Waals surface area contributed by atoms with Gasteiger partial charge in [-0.25, -0.2) is 0 Å². The van der Waals surface area contributed by atoms with Gasteiger partial charge in [-0.05, 0) is 0 Å². The van der Waals surface area contributed by atoms with E-state index >= 15 is 0 Å². The summed E-state index contributed by atoms with van der Waals surface area (Å²) in [5.41, 5.74) is 0. The van der Waals surface area contributed by atoms with Crippen molar-refractivity contribution < 1.29 is 34.5 Å². The third-order valence-electron chi connectivity index (χ3n) is 0.533. The van der Waals surface area contributed by atoms with Crippen LogP contribution in [0.3, 0.4) is 0 Å². The Balaban J connectivity index is 3.83. The number of carboxylic acids is 1. The molecule has 0 fully saturated rings. The van der Waals surface area contributed by atoms with Crippen molar-refractivity contribution in [1.29, 1.82) is 0 Å². The second-order valence-corrected chi connectivity index (χ2v) is 2.59. The van der Waals surface area contributed by atoms with Crippen molar-refractivity contribution in [1.82, 2.24) is 0 Å². The molecule has 0 bridgehead atoms. The number of carboxylic acid groups (broad SMARTS) is 1. The third-order valence-corrected chi connectivity index (χ3v) is 2.02. The molecule has 0 rings (SSSR count). The van der Waals surface area contributed by atoms with E-state index in [4.69, 9.17) is 5.11 Å². The molecule has 49 valence electrons. The van der Waals surface area contributed by atoms with Gasteiger partial charge in [0.25, 0.3) is 0 Å². The number of rotatable bonds is 2. The first-order valence-corrected chi connectivity index (χ1v) is 3.20. The van der Waals surface area contributed by atoms with Crippen molar-refractivity contribution >= 4 is 11.8 Å². The molecule has 0 aromatic carbocycles. The Morgan fingerprint density at radius 2 is 2.00 bits per heavy atom. The van der Waals surface area contributed by atoms with E-state index in [1.165, 1.54) is 6.92 Å². The summed E-state index contributed by atoms with van der Waals surface area (Å²) < 4.78 is -0.880. The van der Waals surface area contributed by atoms with E-state index < -0.39 is 10.3 Å². The van der Waals surface area contributed by atoms with E-state index in [1.807, 2.05) is 0 Å². The number of carbonyl (C=O) groups is 2. The van der Waals surface area contributed by atoms with Gasteiger partial charge in [-0.1, -0.05) is 0 Å². The Morgan fingerprint density at radius 1 is 1.62 bits per heavy atom. The summed E-state index contributed by atoms with van der Waals surface area (Å²) in [5.74, 6) is -1.39. The maximum absolute atomic E-state index is 10.2.